The highest BCUT2D eigenvalue weighted by Gasteiger charge is 2.42. The number of aromatic nitrogens is 4. The number of allylic oxidation sites excluding steroid dienone is 1. The minimum Gasteiger partial charge on any atom is -0.350 e. The lowest BCUT2D eigenvalue weighted by molar-refractivity contribution is 0.335. The molecule has 0 aromatic carbocycles. The van der Waals surface area contributed by atoms with E-state index in [1.54, 1.807) is 12.4 Å². The molecule has 1 unspecified atom stereocenters. The van der Waals surface area contributed by atoms with E-state index in [0.29, 0.717) is 17.6 Å². The maximum atomic E-state index is 12.9. The van der Waals surface area contributed by atoms with Crippen molar-refractivity contribution in [2.75, 3.05) is 4.90 Å². The molecule has 3 aromatic heterocycles. The highest BCUT2D eigenvalue weighted by molar-refractivity contribution is 5.87. The van der Waals surface area contributed by atoms with E-state index >= 15 is 0 Å². The summed E-state index contributed by atoms with van der Waals surface area (Å²) in [6.07, 6.45) is 12.5. The minimum absolute atomic E-state index is 0.0372. The average Bonchev–Trinajstić information content (AvgIpc) is 3.41. The smallest absolute Gasteiger partial charge is 0.326 e. The van der Waals surface area contributed by atoms with Crippen LogP contribution >= 0.6 is 0 Å². The van der Waals surface area contributed by atoms with Gasteiger partial charge >= 0.3 is 5.69 Å². The zero-order valence-corrected chi connectivity index (χ0v) is 15.9. The molecule has 0 spiro atoms. The quantitative estimate of drug-likeness (QED) is 0.734. The monoisotopic (exact) mass is 384 g/mol. The van der Waals surface area contributed by atoms with E-state index in [0.717, 1.165) is 60.2 Å². The Hall–Kier alpha value is -3.40. The number of rotatable bonds is 2. The van der Waals surface area contributed by atoms with Crippen LogP contribution < -0.4 is 10.6 Å². The van der Waals surface area contributed by atoms with Gasteiger partial charge < -0.3 is 9.88 Å². The van der Waals surface area contributed by atoms with Gasteiger partial charge in [-0.25, -0.2) is 9.78 Å². The standard InChI is InChI=1S/C22H20N6O/c23-10-13-4-7-20(25-11-13)27-14-5-6-15(27)9-16(8-14)28-21-17-2-1-3-18(17)24-12-19(21)26-22(28)29/h1-2,4,7,11-12,14-16H,3,5-6,8-9H2,(H,26,29)/t14-,15+,16?. The van der Waals surface area contributed by atoms with Crippen molar-refractivity contribution >= 4 is 22.9 Å². The highest BCUT2D eigenvalue weighted by Crippen LogP contribution is 2.43. The molecule has 6 rings (SSSR count). The fraction of sp³-hybridized carbons (Fsp3) is 0.364. The number of hydrogen-bond acceptors (Lipinski definition) is 5. The molecular formula is C22H20N6O. The van der Waals surface area contributed by atoms with Crippen LogP contribution in [0.4, 0.5) is 5.82 Å². The molecule has 1 aliphatic carbocycles. The Morgan fingerprint density at radius 2 is 1.93 bits per heavy atom. The number of piperidine rings is 1. The van der Waals surface area contributed by atoms with E-state index in [4.69, 9.17) is 5.26 Å². The molecule has 3 atom stereocenters. The van der Waals surface area contributed by atoms with E-state index < -0.39 is 0 Å². The van der Waals surface area contributed by atoms with Crippen LogP contribution in [0.5, 0.6) is 0 Å². The van der Waals surface area contributed by atoms with Gasteiger partial charge in [-0.05, 0) is 37.8 Å². The Kier molecular flexibility index (Phi) is 3.45. The van der Waals surface area contributed by atoms with Gasteiger partial charge in [0.05, 0.1) is 28.5 Å². The molecule has 29 heavy (non-hydrogen) atoms. The summed E-state index contributed by atoms with van der Waals surface area (Å²) < 4.78 is 1.99. The summed E-state index contributed by atoms with van der Waals surface area (Å²) in [6, 6.07) is 6.81. The Morgan fingerprint density at radius 1 is 1.10 bits per heavy atom. The Bertz CT molecular complexity index is 1230. The lowest BCUT2D eigenvalue weighted by atomic mass is 9.96. The van der Waals surface area contributed by atoms with Gasteiger partial charge in [-0.15, -0.1) is 0 Å². The van der Waals surface area contributed by atoms with E-state index in [9.17, 15) is 4.79 Å². The van der Waals surface area contributed by atoms with Gasteiger partial charge in [0.15, 0.2) is 0 Å². The molecular weight excluding hydrogens is 364 g/mol. The summed E-state index contributed by atoms with van der Waals surface area (Å²) in [5.41, 5.74) is 4.51. The molecule has 0 radical (unpaired) electrons. The Morgan fingerprint density at radius 3 is 2.66 bits per heavy atom. The summed E-state index contributed by atoms with van der Waals surface area (Å²) in [4.78, 5) is 27.4. The number of hydrogen-bond donors (Lipinski definition) is 1. The first kappa shape index (κ1) is 16.5. The third-order valence-corrected chi connectivity index (χ3v) is 6.68. The predicted molar refractivity (Wildman–Crippen MR) is 110 cm³/mol. The third kappa shape index (κ3) is 2.38. The SMILES string of the molecule is N#Cc1ccc(N2[C@@H]3CC[C@H]2CC(n2c(=O)[nH]c4cnc5c(c42)C=CC5)C3)nc1. The van der Waals surface area contributed by atoms with Crippen molar-refractivity contribution in [3.8, 4) is 6.07 Å². The Labute approximate surface area is 167 Å². The van der Waals surface area contributed by atoms with Gasteiger partial charge in [-0.3, -0.25) is 9.55 Å². The molecule has 5 heterocycles. The van der Waals surface area contributed by atoms with E-state index in [2.05, 4.69) is 38.1 Å². The number of H-pyrrole nitrogens is 1. The zero-order chi connectivity index (χ0) is 19.5. The summed E-state index contributed by atoms with van der Waals surface area (Å²) in [7, 11) is 0. The topological polar surface area (TPSA) is 90.6 Å². The number of fused-ring (bicyclic) bond motifs is 5. The molecule has 2 saturated heterocycles. The maximum absolute atomic E-state index is 12.9. The first-order chi connectivity index (χ1) is 14.2. The van der Waals surface area contributed by atoms with Crippen molar-refractivity contribution in [2.24, 2.45) is 0 Å². The molecule has 2 aliphatic heterocycles. The first-order valence-corrected chi connectivity index (χ1v) is 10.2. The normalized spacial score (nSPS) is 24.8. The lowest BCUT2D eigenvalue weighted by Crippen LogP contribution is -2.45. The number of nitriles is 1. The second-order valence-electron chi connectivity index (χ2n) is 8.22. The largest absolute Gasteiger partial charge is 0.350 e. The second-order valence-corrected chi connectivity index (χ2v) is 8.22. The number of pyridine rings is 2. The molecule has 0 amide bonds. The summed E-state index contributed by atoms with van der Waals surface area (Å²) in [6.45, 7) is 0. The van der Waals surface area contributed by atoms with E-state index in [1.807, 2.05) is 16.7 Å². The number of nitrogens with one attached hydrogen (secondary N) is 1. The van der Waals surface area contributed by atoms with Crippen LogP contribution in [-0.4, -0.2) is 31.6 Å². The van der Waals surface area contributed by atoms with Crippen molar-refractivity contribution in [2.45, 2.75) is 50.2 Å². The van der Waals surface area contributed by atoms with Crippen LogP contribution in [0.25, 0.3) is 17.1 Å². The van der Waals surface area contributed by atoms with Crippen molar-refractivity contribution in [3.63, 3.8) is 0 Å². The van der Waals surface area contributed by atoms with Gasteiger partial charge in [0.1, 0.15) is 11.9 Å². The fourth-order valence-corrected chi connectivity index (χ4v) is 5.50. The molecule has 2 fully saturated rings. The molecule has 2 bridgehead atoms. The minimum atomic E-state index is -0.0372. The number of imidazole rings is 1. The lowest BCUT2D eigenvalue weighted by Gasteiger charge is -2.40. The van der Waals surface area contributed by atoms with Gasteiger partial charge in [0, 0.05) is 36.3 Å². The zero-order valence-electron chi connectivity index (χ0n) is 15.9. The Balaban J connectivity index is 1.38. The van der Waals surface area contributed by atoms with Crippen molar-refractivity contribution in [1.29, 1.82) is 5.26 Å². The number of nitrogens with zero attached hydrogens (tertiary/aromatic N) is 5. The molecule has 0 saturated carbocycles. The van der Waals surface area contributed by atoms with Gasteiger partial charge in [-0.1, -0.05) is 12.2 Å². The molecule has 1 N–H and O–H groups in total. The van der Waals surface area contributed by atoms with Gasteiger partial charge in [0.25, 0.3) is 0 Å². The van der Waals surface area contributed by atoms with Crippen molar-refractivity contribution < 1.29 is 0 Å². The number of aromatic amines is 1. The van der Waals surface area contributed by atoms with Crippen LogP contribution in [0.2, 0.25) is 0 Å². The second kappa shape index (κ2) is 6.05. The highest BCUT2D eigenvalue weighted by atomic mass is 16.1. The van der Waals surface area contributed by atoms with Crippen molar-refractivity contribution in [3.05, 3.63) is 57.9 Å². The molecule has 144 valence electrons. The molecule has 7 heteroatoms. The first-order valence-electron chi connectivity index (χ1n) is 10.2. The summed E-state index contributed by atoms with van der Waals surface area (Å²) in [5, 5.41) is 9.03. The van der Waals surface area contributed by atoms with Crippen LogP contribution in [0.15, 0.2) is 35.4 Å². The third-order valence-electron chi connectivity index (χ3n) is 6.68. The molecule has 3 aliphatic rings. The summed E-state index contributed by atoms with van der Waals surface area (Å²) >= 11 is 0. The molecule has 3 aromatic rings. The van der Waals surface area contributed by atoms with Crippen LogP contribution in [0.1, 0.15) is 48.5 Å². The maximum Gasteiger partial charge on any atom is 0.326 e. The van der Waals surface area contributed by atoms with Crippen LogP contribution in [0, 0.1) is 11.3 Å². The average molecular weight is 384 g/mol. The van der Waals surface area contributed by atoms with E-state index in [1.165, 1.54) is 0 Å². The van der Waals surface area contributed by atoms with Gasteiger partial charge in [0.2, 0.25) is 0 Å². The molecule has 7 nitrogen and oxygen atoms in total. The van der Waals surface area contributed by atoms with Crippen LogP contribution in [-0.2, 0) is 6.42 Å². The van der Waals surface area contributed by atoms with E-state index in [-0.39, 0.29) is 11.7 Å². The fourth-order valence-electron chi connectivity index (χ4n) is 5.50. The van der Waals surface area contributed by atoms with Crippen molar-refractivity contribution in [1.82, 2.24) is 19.5 Å². The van der Waals surface area contributed by atoms with Crippen LogP contribution in [0.3, 0.4) is 0 Å². The predicted octanol–water partition coefficient (Wildman–Crippen LogP) is 2.93. The summed E-state index contributed by atoms with van der Waals surface area (Å²) in [5.74, 6) is 0.939. The van der Waals surface area contributed by atoms with Gasteiger partial charge in [-0.2, -0.15) is 5.26 Å². The number of anilines is 1.